The highest BCUT2D eigenvalue weighted by Crippen LogP contribution is 2.09. The molecule has 1 aromatic rings. The largest absolute Gasteiger partial charge is 0.294 e. The standard InChI is InChI=1S/C13H18OS/c1-15-11-7-3-6-10-13(14)12-8-4-2-5-9-12/h2,4-5,8-9H,3,6-7,10-11H2,1H3. The van der Waals surface area contributed by atoms with Crippen molar-refractivity contribution in [2.24, 2.45) is 0 Å². The summed E-state index contributed by atoms with van der Waals surface area (Å²) < 4.78 is 0. The smallest absolute Gasteiger partial charge is 0.162 e. The van der Waals surface area contributed by atoms with Crippen molar-refractivity contribution in [3.05, 3.63) is 35.9 Å². The van der Waals surface area contributed by atoms with Gasteiger partial charge in [0.25, 0.3) is 0 Å². The van der Waals surface area contributed by atoms with Crippen LogP contribution < -0.4 is 0 Å². The highest BCUT2D eigenvalue weighted by molar-refractivity contribution is 7.98. The molecule has 1 nitrogen and oxygen atoms in total. The van der Waals surface area contributed by atoms with Crippen LogP contribution in [-0.2, 0) is 0 Å². The summed E-state index contributed by atoms with van der Waals surface area (Å²) in [6.45, 7) is 0. The van der Waals surface area contributed by atoms with Crippen LogP contribution in [0.3, 0.4) is 0 Å². The van der Waals surface area contributed by atoms with Gasteiger partial charge >= 0.3 is 0 Å². The van der Waals surface area contributed by atoms with Gasteiger partial charge in [-0.25, -0.2) is 0 Å². The Hall–Kier alpha value is -0.760. The van der Waals surface area contributed by atoms with Crippen LogP contribution in [0.5, 0.6) is 0 Å². The fourth-order valence-electron chi connectivity index (χ4n) is 1.48. The highest BCUT2D eigenvalue weighted by atomic mass is 32.2. The number of hydrogen-bond acceptors (Lipinski definition) is 2. The van der Waals surface area contributed by atoms with E-state index in [1.54, 1.807) is 0 Å². The Morgan fingerprint density at radius 3 is 2.53 bits per heavy atom. The van der Waals surface area contributed by atoms with Gasteiger partial charge < -0.3 is 0 Å². The maximum absolute atomic E-state index is 11.7. The van der Waals surface area contributed by atoms with Crippen molar-refractivity contribution in [3.63, 3.8) is 0 Å². The van der Waals surface area contributed by atoms with Crippen LogP contribution in [0, 0.1) is 0 Å². The van der Waals surface area contributed by atoms with E-state index in [4.69, 9.17) is 0 Å². The Labute approximate surface area is 96.3 Å². The summed E-state index contributed by atoms with van der Waals surface area (Å²) >= 11 is 1.87. The molecule has 0 unspecified atom stereocenters. The summed E-state index contributed by atoms with van der Waals surface area (Å²) in [5.41, 5.74) is 0.849. The second-order valence-electron chi connectivity index (χ2n) is 3.59. The molecule has 0 N–H and O–H groups in total. The van der Waals surface area contributed by atoms with Crippen LogP contribution in [-0.4, -0.2) is 17.8 Å². The van der Waals surface area contributed by atoms with E-state index in [9.17, 15) is 4.79 Å². The first-order valence-corrected chi connectivity index (χ1v) is 6.81. The Kier molecular flexibility index (Phi) is 6.17. The van der Waals surface area contributed by atoms with E-state index >= 15 is 0 Å². The summed E-state index contributed by atoms with van der Waals surface area (Å²) in [4.78, 5) is 11.7. The average molecular weight is 222 g/mol. The molecule has 0 saturated carbocycles. The van der Waals surface area contributed by atoms with Gasteiger partial charge in [0.1, 0.15) is 0 Å². The van der Waals surface area contributed by atoms with Crippen molar-refractivity contribution in [2.75, 3.05) is 12.0 Å². The summed E-state index contributed by atoms with van der Waals surface area (Å²) in [7, 11) is 0. The first-order chi connectivity index (χ1) is 7.34. The molecule has 0 atom stereocenters. The molecule has 1 rings (SSSR count). The lowest BCUT2D eigenvalue weighted by atomic mass is 10.1. The minimum atomic E-state index is 0.278. The van der Waals surface area contributed by atoms with E-state index in [2.05, 4.69) is 6.26 Å². The molecular weight excluding hydrogens is 204 g/mol. The molecule has 0 aliphatic carbocycles. The molecule has 0 saturated heterocycles. The van der Waals surface area contributed by atoms with E-state index in [-0.39, 0.29) is 5.78 Å². The van der Waals surface area contributed by atoms with E-state index in [1.807, 2.05) is 42.1 Å². The van der Waals surface area contributed by atoms with Gasteiger partial charge in [-0.15, -0.1) is 0 Å². The van der Waals surface area contributed by atoms with Crippen LogP contribution >= 0.6 is 11.8 Å². The molecule has 82 valence electrons. The number of ketones is 1. The molecular formula is C13H18OS. The zero-order valence-electron chi connectivity index (χ0n) is 9.24. The molecule has 0 aliphatic rings. The Morgan fingerprint density at radius 1 is 1.13 bits per heavy atom. The Balaban J connectivity index is 2.20. The van der Waals surface area contributed by atoms with Gasteiger partial charge in [0.15, 0.2) is 5.78 Å². The number of thioether (sulfide) groups is 1. The van der Waals surface area contributed by atoms with Crippen molar-refractivity contribution in [1.82, 2.24) is 0 Å². The zero-order chi connectivity index (χ0) is 10.9. The Bertz CT molecular complexity index is 282. The van der Waals surface area contributed by atoms with Gasteiger partial charge in [0.05, 0.1) is 0 Å². The van der Waals surface area contributed by atoms with Crippen molar-refractivity contribution in [1.29, 1.82) is 0 Å². The minimum Gasteiger partial charge on any atom is -0.294 e. The number of benzene rings is 1. The van der Waals surface area contributed by atoms with Crippen LogP contribution in [0.15, 0.2) is 30.3 Å². The van der Waals surface area contributed by atoms with Crippen LogP contribution in [0.2, 0.25) is 0 Å². The predicted molar refractivity (Wildman–Crippen MR) is 67.6 cm³/mol. The van der Waals surface area contributed by atoms with Crippen molar-refractivity contribution < 1.29 is 4.79 Å². The summed E-state index contributed by atoms with van der Waals surface area (Å²) in [5.74, 6) is 1.49. The lowest BCUT2D eigenvalue weighted by Gasteiger charge is -2.00. The third-order valence-corrected chi connectivity index (χ3v) is 3.04. The first-order valence-electron chi connectivity index (χ1n) is 5.42. The molecule has 0 radical (unpaired) electrons. The van der Waals surface area contributed by atoms with Crippen molar-refractivity contribution >= 4 is 17.5 Å². The van der Waals surface area contributed by atoms with Crippen LogP contribution in [0.1, 0.15) is 36.0 Å². The van der Waals surface area contributed by atoms with Gasteiger partial charge in [-0.05, 0) is 24.9 Å². The summed E-state index contributed by atoms with van der Waals surface area (Å²) in [6.07, 6.45) is 6.23. The van der Waals surface area contributed by atoms with E-state index in [0.29, 0.717) is 6.42 Å². The summed E-state index contributed by atoms with van der Waals surface area (Å²) in [5, 5.41) is 0. The normalized spacial score (nSPS) is 10.2. The first kappa shape index (κ1) is 12.3. The maximum Gasteiger partial charge on any atom is 0.162 e. The molecule has 0 bridgehead atoms. The zero-order valence-corrected chi connectivity index (χ0v) is 10.1. The highest BCUT2D eigenvalue weighted by Gasteiger charge is 2.03. The second-order valence-corrected chi connectivity index (χ2v) is 4.58. The van der Waals surface area contributed by atoms with Gasteiger partial charge in [-0.1, -0.05) is 36.8 Å². The molecule has 0 heterocycles. The molecule has 0 aromatic heterocycles. The number of carbonyl (C=O) groups is 1. The lowest BCUT2D eigenvalue weighted by Crippen LogP contribution is -1.98. The number of carbonyl (C=O) groups excluding carboxylic acids is 1. The van der Waals surface area contributed by atoms with E-state index in [1.165, 1.54) is 18.6 Å². The van der Waals surface area contributed by atoms with Gasteiger partial charge in [-0.3, -0.25) is 4.79 Å². The van der Waals surface area contributed by atoms with Gasteiger partial charge in [0.2, 0.25) is 0 Å². The Morgan fingerprint density at radius 2 is 1.87 bits per heavy atom. The molecule has 0 spiro atoms. The van der Waals surface area contributed by atoms with Crippen molar-refractivity contribution in [2.45, 2.75) is 25.7 Å². The number of unbranched alkanes of at least 4 members (excludes halogenated alkanes) is 2. The van der Waals surface area contributed by atoms with Crippen LogP contribution in [0.4, 0.5) is 0 Å². The minimum absolute atomic E-state index is 0.278. The van der Waals surface area contributed by atoms with E-state index in [0.717, 1.165) is 12.0 Å². The maximum atomic E-state index is 11.7. The predicted octanol–water partition coefficient (Wildman–Crippen LogP) is 3.79. The fraction of sp³-hybridized carbons (Fsp3) is 0.462. The average Bonchev–Trinajstić information content (AvgIpc) is 2.30. The summed E-state index contributed by atoms with van der Waals surface area (Å²) in [6, 6.07) is 9.56. The third kappa shape index (κ3) is 5.03. The number of hydrogen-bond donors (Lipinski definition) is 0. The van der Waals surface area contributed by atoms with Crippen LogP contribution in [0.25, 0.3) is 0 Å². The topological polar surface area (TPSA) is 17.1 Å². The van der Waals surface area contributed by atoms with Crippen molar-refractivity contribution in [3.8, 4) is 0 Å². The second kappa shape index (κ2) is 7.52. The van der Waals surface area contributed by atoms with E-state index < -0.39 is 0 Å². The third-order valence-electron chi connectivity index (χ3n) is 2.35. The molecule has 15 heavy (non-hydrogen) atoms. The number of Topliss-reactive ketones (excluding diaryl/α,β-unsaturated/α-hetero) is 1. The fourth-order valence-corrected chi connectivity index (χ4v) is 1.97. The molecule has 2 heteroatoms. The monoisotopic (exact) mass is 222 g/mol. The molecule has 0 fully saturated rings. The van der Waals surface area contributed by atoms with Gasteiger partial charge in [0, 0.05) is 12.0 Å². The number of rotatable bonds is 7. The molecule has 1 aromatic carbocycles. The SMILES string of the molecule is CSCCCCCC(=O)c1ccccc1. The molecule has 0 aliphatic heterocycles. The van der Waals surface area contributed by atoms with Gasteiger partial charge in [-0.2, -0.15) is 11.8 Å². The lowest BCUT2D eigenvalue weighted by molar-refractivity contribution is 0.0979. The molecule has 0 amide bonds. The quantitative estimate of drug-likeness (QED) is 0.515.